The second-order valence-electron chi connectivity index (χ2n) is 7.43. The first kappa shape index (κ1) is 18.9. The Bertz CT molecular complexity index is 1250. The van der Waals surface area contributed by atoms with Gasteiger partial charge < -0.3 is 9.88 Å². The summed E-state index contributed by atoms with van der Waals surface area (Å²) in [5, 5.41) is 8.86. The molecule has 6 nitrogen and oxygen atoms in total. The second-order valence-corrected chi connectivity index (χ2v) is 7.43. The number of hydrogen-bond donors (Lipinski definition) is 1. The number of aromatic nitrogens is 3. The van der Waals surface area contributed by atoms with Gasteiger partial charge in [0.05, 0.1) is 11.7 Å². The molecule has 0 aliphatic carbocycles. The zero-order valence-corrected chi connectivity index (χ0v) is 16.8. The Balaban J connectivity index is 1.64. The number of rotatable bonds is 5. The van der Waals surface area contributed by atoms with Crippen LogP contribution in [0, 0.1) is 6.92 Å². The number of para-hydroxylation sites is 1. The lowest BCUT2D eigenvalue weighted by molar-refractivity contribution is -0.123. The molecule has 4 aromatic rings. The van der Waals surface area contributed by atoms with E-state index in [1.807, 2.05) is 35.8 Å². The average Bonchev–Trinajstić information content (AvgIpc) is 3.06. The Labute approximate surface area is 168 Å². The summed E-state index contributed by atoms with van der Waals surface area (Å²) in [5.74, 6) is -0.112. The van der Waals surface area contributed by atoms with Crippen molar-refractivity contribution in [2.24, 2.45) is 7.05 Å². The Morgan fingerprint density at radius 3 is 2.59 bits per heavy atom. The van der Waals surface area contributed by atoms with Crippen LogP contribution in [0.5, 0.6) is 0 Å². The third-order valence-electron chi connectivity index (χ3n) is 5.41. The van der Waals surface area contributed by atoms with E-state index >= 15 is 0 Å². The average molecular weight is 388 g/mol. The molecule has 148 valence electrons. The first-order valence-electron chi connectivity index (χ1n) is 9.75. The van der Waals surface area contributed by atoms with E-state index in [1.165, 1.54) is 15.8 Å². The number of nitrogens with one attached hydrogen (secondary N) is 1. The van der Waals surface area contributed by atoms with E-state index in [-0.39, 0.29) is 11.5 Å². The lowest BCUT2D eigenvalue weighted by atomic mass is 10.1. The van der Waals surface area contributed by atoms with Gasteiger partial charge in [-0.2, -0.15) is 5.10 Å². The number of carbonyl (C=O) groups excluding carboxylic acids is 1. The van der Waals surface area contributed by atoms with E-state index in [0.717, 1.165) is 22.7 Å². The van der Waals surface area contributed by atoms with E-state index in [0.29, 0.717) is 12.1 Å². The summed E-state index contributed by atoms with van der Waals surface area (Å²) in [6, 6.07) is 15.5. The molecule has 2 aromatic carbocycles. The molecular weight excluding hydrogens is 364 g/mol. The summed E-state index contributed by atoms with van der Waals surface area (Å²) in [6.45, 7) is 4.43. The fourth-order valence-electron chi connectivity index (χ4n) is 3.74. The summed E-state index contributed by atoms with van der Waals surface area (Å²) in [4.78, 5) is 25.7. The summed E-state index contributed by atoms with van der Waals surface area (Å²) >= 11 is 0. The van der Waals surface area contributed by atoms with E-state index in [2.05, 4.69) is 41.6 Å². The van der Waals surface area contributed by atoms with Crippen molar-refractivity contribution in [3.63, 3.8) is 0 Å². The third kappa shape index (κ3) is 3.42. The molecule has 0 aliphatic rings. The molecule has 29 heavy (non-hydrogen) atoms. The van der Waals surface area contributed by atoms with Gasteiger partial charge in [-0.3, -0.25) is 9.59 Å². The minimum atomic E-state index is -0.523. The molecule has 0 fully saturated rings. The number of benzene rings is 2. The number of nitrogens with zero attached hydrogens (tertiary/aromatic N) is 3. The van der Waals surface area contributed by atoms with Crippen molar-refractivity contribution in [2.75, 3.05) is 6.54 Å². The molecular formula is C23H24N4O2. The maximum absolute atomic E-state index is 12.9. The van der Waals surface area contributed by atoms with Crippen LogP contribution in [0.4, 0.5) is 0 Å². The second kappa shape index (κ2) is 7.54. The van der Waals surface area contributed by atoms with Crippen molar-refractivity contribution < 1.29 is 4.79 Å². The molecule has 1 N–H and O–H groups in total. The molecule has 0 saturated carbocycles. The van der Waals surface area contributed by atoms with Gasteiger partial charge in [0.1, 0.15) is 11.6 Å². The highest BCUT2D eigenvalue weighted by Crippen LogP contribution is 2.29. The Morgan fingerprint density at radius 1 is 1.10 bits per heavy atom. The van der Waals surface area contributed by atoms with Crippen molar-refractivity contribution >= 4 is 27.7 Å². The highest BCUT2D eigenvalue weighted by Gasteiger charge is 2.22. The van der Waals surface area contributed by atoms with Crippen LogP contribution in [0.15, 0.2) is 59.5 Å². The quantitative estimate of drug-likeness (QED) is 0.571. The minimum Gasteiger partial charge on any atom is -0.354 e. The van der Waals surface area contributed by atoms with Crippen LogP contribution in [-0.4, -0.2) is 26.8 Å². The van der Waals surface area contributed by atoms with Crippen LogP contribution in [0.25, 0.3) is 21.8 Å². The predicted octanol–water partition coefficient (Wildman–Crippen LogP) is 3.12. The van der Waals surface area contributed by atoms with Gasteiger partial charge in [0.2, 0.25) is 5.91 Å². The van der Waals surface area contributed by atoms with Gasteiger partial charge in [0.15, 0.2) is 0 Å². The number of hydrogen-bond acceptors (Lipinski definition) is 3. The number of amides is 1. The first-order valence-corrected chi connectivity index (χ1v) is 9.75. The monoisotopic (exact) mass is 388 g/mol. The molecule has 1 amide bonds. The normalized spacial score (nSPS) is 12.4. The lowest BCUT2D eigenvalue weighted by Gasteiger charge is -2.16. The molecule has 0 aliphatic heterocycles. The van der Waals surface area contributed by atoms with Crippen molar-refractivity contribution in [1.29, 1.82) is 0 Å². The Morgan fingerprint density at radius 2 is 1.83 bits per heavy atom. The summed E-state index contributed by atoms with van der Waals surface area (Å²) in [7, 11) is 1.62. The molecule has 4 rings (SSSR count). The largest absolute Gasteiger partial charge is 0.354 e. The van der Waals surface area contributed by atoms with Crippen molar-refractivity contribution in [3.8, 4) is 0 Å². The Kier molecular flexibility index (Phi) is 4.92. The third-order valence-corrected chi connectivity index (χ3v) is 5.41. The van der Waals surface area contributed by atoms with Crippen molar-refractivity contribution in [1.82, 2.24) is 19.7 Å². The number of carbonyl (C=O) groups is 1. The minimum absolute atomic E-state index is 0.112. The van der Waals surface area contributed by atoms with E-state index in [9.17, 15) is 9.59 Å². The van der Waals surface area contributed by atoms with Crippen LogP contribution in [0.2, 0.25) is 0 Å². The van der Waals surface area contributed by atoms with Crippen LogP contribution in [0.3, 0.4) is 0 Å². The SMILES string of the molecule is Cc1ccc(CCNC(=O)[C@H](C)n2c3ccccc3c3cnn(C)c(=O)c32)cc1. The molecule has 0 saturated heterocycles. The maximum atomic E-state index is 12.9. The summed E-state index contributed by atoms with van der Waals surface area (Å²) in [6.07, 6.45) is 2.45. The van der Waals surface area contributed by atoms with E-state index < -0.39 is 6.04 Å². The van der Waals surface area contributed by atoms with Crippen LogP contribution < -0.4 is 10.9 Å². The van der Waals surface area contributed by atoms with Crippen LogP contribution >= 0.6 is 0 Å². The van der Waals surface area contributed by atoms with Gasteiger partial charge in [0, 0.05) is 24.4 Å². The van der Waals surface area contributed by atoms with Crippen LogP contribution in [-0.2, 0) is 18.3 Å². The predicted molar refractivity (Wildman–Crippen MR) is 115 cm³/mol. The van der Waals surface area contributed by atoms with E-state index in [4.69, 9.17) is 0 Å². The maximum Gasteiger partial charge on any atom is 0.291 e. The van der Waals surface area contributed by atoms with Crippen molar-refractivity contribution in [2.45, 2.75) is 26.3 Å². The Hall–Kier alpha value is -3.41. The first-order chi connectivity index (χ1) is 14.0. The standard InChI is InChI=1S/C23H24N4O2/c1-15-8-10-17(11-9-15)12-13-24-22(28)16(2)27-20-7-5-4-6-18(20)19-14-25-26(3)23(29)21(19)27/h4-11,14,16H,12-13H2,1-3H3,(H,24,28)/t16-/m0/s1. The molecule has 0 unspecified atom stereocenters. The number of aryl methyl sites for hydroxylation is 2. The molecule has 2 heterocycles. The van der Waals surface area contributed by atoms with Gasteiger partial charge in [-0.25, -0.2) is 4.68 Å². The highest BCUT2D eigenvalue weighted by molar-refractivity contribution is 6.08. The zero-order valence-electron chi connectivity index (χ0n) is 16.8. The molecule has 0 radical (unpaired) electrons. The van der Waals surface area contributed by atoms with Crippen molar-refractivity contribution in [3.05, 3.63) is 76.2 Å². The fourth-order valence-corrected chi connectivity index (χ4v) is 3.74. The van der Waals surface area contributed by atoms with Crippen LogP contribution in [0.1, 0.15) is 24.1 Å². The van der Waals surface area contributed by atoms with E-state index in [1.54, 1.807) is 13.2 Å². The van der Waals surface area contributed by atoms with Gasteiger partial charge in [-0.05, 0) is 31.9 Å². The summed E-state index contributed by atoms with van der Waals surface area (Å²) < 4.78 is 3.13. The van der Waals surface area contributed by atoms with Gasteiger partial charge in [-0.1, -0.05) is 48.0 Å². The molecule has 6 heteroatoms. The number of fused-ring (bicyclic) bond motifs is 3. The topological polar surface area (TPSA) is 68.9 Å². The fraction of sp³-hybridized carbons (Fsp3) is 0.261. The molecule has 1 atom stereocenters. The smallest absolute Gasteiger partial charge is 0.291 e. The molecule has 0 spiro atoms. The van der Waals surface area contributed by atoms with Gasteiger partial charge >= 0.3 is 0 Å². The summed E-state index contributed by atoms with van der Waals surface area (Å²) in [5.41, 5.74) is 3.55. The lowest BCUT2D eigenvalue weighted by Crippen LogP contribution is -2.33. The zero-order chi connectivity index (χ0) is 20.5. The van der Waals surface area contributed by atoms with Gasteiger partial charge in [0.25, 0.3) is 5.56 Å². The highest BCUT2D eigenvalue weighted by atomic mass is 16.2. The molecule has 0 bridgehead atoms. The molecule has 2 aromatic heterocycles. The van der Waals surface area contributed by atoms with Gasteiger partial charge in [-0.15, -0.1) is 0 Å².